The fraction of sp³-hybridized carbons (Fsp3) is 0.308. The molecule has 0 unspecified atom stereocenters. The van der Waals surface area contributed by atoms with E-state index in [1.165, 1.54) is 6.26 Å². The number of H-pyrrole nitrogens is 1. The van der Waals surface area contributed by atoms with Gasteiger partial charge in [0.15, 0.2) is 9.84 Å². The Morgan fingerprint density at radius 3 is 2.32 bits per heavy atom. The topological polar surface area (TPSA) is 74.8 Å². The third-order valence-corrected chi connectivity index (χ3v) is 4.16. The Hall–Kier alpha value is -1.82. The predicted molar refractivity (Wildman–Crippen MR) is 74.9 cm³/mol. The van der Waals surface area contributed by atoms with Crippen molar-refractivity contribution in [3.8, 4) is 0 Å². The minimum atomic E-state index is -3.13. The lowest BCUT2D eigenvalue weighted by molar-refractivity contribution is 0.602. The summed E-state index contributed by atoms with van der Waals surface area (Å²) in [4.78, 5) is 0.328. The Bertz CT molecular complexity index is 653. The standard InChI is InChI=1S/C13H17N3O2S/c1-9-13(10(2)16-15-9)8-14-11-4-6-12(7-5-11)19(3,17)18/h4-7,14H,8H2,1-3H3,(H,15,16). The molecule has 0 aliphatic rings. The van der Waals surface area contributed by atoms with Crippen LogP contribution >= 0.6 is 0 Å². The molecule has 0 fully saturated rings. The molecule has 102 valence electrons. The highest BCUT2D eigenvalue weighted by Crippen LogP contribution is 2.16. The second-order valence-corrected chi connectivity index (χ2v) is 6.58. The van der Waals surface area contributed by atoms with Gasteiger partial charge in [-0.05, 0) is 38.1 Å². The molecule has 0 bridgehead atoms. The molecule has 0 aliphatic heterocycles. The molecule has 0 atom stereocenters. The summed E-state index contributed by atoms with van der Waals surface area (Å²) >= 11 is 0. The normalized spacial score (nSPS) is 11.5. The molecule has 0 aliphatic carbocycles. The molecular formula is C13H17N3O2S. The van der Waals surface area contributed by atoms with Gasteiger partial charge in [0, 0.05) is 29.7 Å². The molecule has 5 nitrogen and oxygen atoms in total. The first-order chi connectivity index (χ1) is 8.88. The number of sulfone groups is 1. The maximum absolute atomic E-state index is 11.3. The van der Waals surface area contributed by atoms with Gasteiger partial charge in [-0.25, -0.2) is 8.42 Å². The molecule has 1 aromatic heterocycles. The minimum Gasteiger partial charge on any atom is -0.381 e. The van der Waals surface area contributed by atoms with Gasteiger partial charge in [0.2, 0.25) is 0 Å². The maximum Gasteiger partial charge on any atom is 0.175 e. The number of aromatic nitrogens is 2. The molecule has 19 heavy (non-hydrogen) atoms. The van der Waals surface area contributed by atoms with Crippen LogP contribution in [0.2, 0.25) is 0 Å². The Morgan fingerprint density at radius 2 is 1.84 bits per heavy atom. The van der Waals surface area contributed by atoms with E-state index in [9.17, 15) is 8.42 Å². The van der Waals surface area contributed by atoms with Crippen molar-refractivity contribution in [2.75, 3.05) is 11.6 Å². The molecule has 0 saturated carbocycles. The Balaban J connectivity index is 2.09. The van der Waals surface area contributed by atoms with Gasteiger partial charge < -0.3 is 5.32 Å². The van der Waals surface area contributed by atoms with Crippen LogP contribution in [0.3, 0.4) is 0 Å². The summed E-state index contributed by atoms with van der Waals surface area (Å²) in [6.45, 7) is 4.59. The van der Waals surface area contributed by atoms with E-state index in [0.717, 1.165) is 22.6 Å². The largest absolute Gasteiger partial charge is 0.381 e. The van der Waals surface area contributed by atoms with Crippen molar-refractivity contribution in [2.45, 2.75) is 25.3 Å². The van der Waals surface area contributed by atoms with E-state index < -0.39 is 9.84 Å². The summed E-state index contributed by atoms with van der Waals surface area (Å²) in [5.74, 6) is 0. The van der Waals surface area contributed by atoms with Crippen LogP contribution in [0.4, 0.5) is 5.69 Å². The number of nitrogens with zero attached hydrogens (tertiary/aromatic N) is 1. The molecule has 0 spiro atoms. The van der Waals surface area contributed by atoms with Crippen LogP contribution in [0.25, 0.3) is 0 Å². The van der Waals surface area contributed by atoms with Crippen molar-refractivity contribution >= 4 is 15.5 Å². The number of hydrogen-bond acceptors (Lipinski definition) is 4. The van der Waals surface area contributed by atoms with Crippen LogP contribution in [0.1, 0.15) is 17.0 Å². The van der Waals surface area contributed by atoms with E-state index in [0.29, 0.717) is 11.4 Å². The first-order valence-corrected chi connectivity index (χ1v) is 7.81. The van der Waals surface area contributed by atoms with Gasteiger partial charge in [0.25, 0.3) is 0 Å². The van der Waals surface area contributed by atoms with Crippen LogP contribution in [-0.2, 0) is 16.4 Å². The van der Waals surface area contributed by atoms with Gasteiger partial charge >= 0.3 is 0 Å². The van der Waals surface area contributed by atoms with E-state index in [1.807, 2.05) is 13.8 Å². The highest BCUT2D eigenvalue weighted by atomic mass is 32.2. The molecular weight excluding hydrogens is 262 g/mol. The van der Waals surface area contributed by atoms with Gasteiger partial charge in [-0.15, -0.1) is 0 Å². The predicted octanol–water partition coefficient (Wildman–Crippen LogP) is 2.04. The van der Waals surface area contributed by atoms with Crippen molar-refractivity contribution in [3.63, 3.8) is 0 Å². The van der Waals surface area contributed by atoms with Crippen LogP contribution in [0.15, 0.2) is 29.2 Å². The second kappa shape index (κ2) is 5.05. The zero-order chi connectivity index (χ0) is 14.0. The second-order valence-electron chi connectivity index (χ2n) is 4.56. The highest BCUT2D eigenvalue weighted by molar-refractivity contribution is 7.90. The number of anilines is 1. The first kappa shape index (κ1) is 13.6. The number of aromatic amines is 1. The zero-order valence-electron chi connectivity index (χ0n) is 11.2. The van der Waals surface area contributed by atoms with E-state index in [2.05, 4.69) is 15.5 Å². The molecule has 2 rings (SSSR count). The summed E-state index contributed by atoms with van der Waals surface area (Å²) < 4.78 is 22.7. The molecule has 1 aromatic carbocycles. The third kappa shape index (κ3) is 3.14. The summed E-state index contributed by atoms with van der Waals surface area (Å²) in [5, 5.41) is 10.3. The Kier molecular flexibility index (Phi) is 3.61. The van der Waals surface area contributed by atoms with E-state index in [-0.39, 0.29) is 0 Å². The average Bonchev–Trinajstić information content (AvgIpc) is 2.66. The quantitative estimate of drug-likeness (QED) is 0.898. The lowest BCUT2D eigenvalue weighted by atomic mass is 10.2. The van der Waals surface area contributed by atoms with E-state index in [1.54, 1.807) is 24.3 Å². The first-order valence-electron chi connectivity index (χ1n) is 5.92. The lowest BCUT2D eigenvalue weighted by Gasteiger charge is -2.07. The maximum atomic E-state index is 11.3. The zero-order valence-corrected chi connectivity index (χ0v) is 12.0. The van der Waals surface area contributed by atoms with Gasteiger partial charge in [-0.3, -0.25) is 5.10 Å². The molecule has 0 saturated heterocycles. The van der Waals surface area contributed by atoms with Gasteiger partial charge in [-0.1, -0.05) is 0 Å². The van der Waals surface area contributed by atoms with Crippen molar-refractivity contribution in [1.82, 2.24) is 10.2 Å². The van der Waals surface area contributed by atoms with Crippen molar-refractivity contribution in [1.29, 1.82) is 0 Å². The Labute approximate surface area is 113 Å². The van der Waals surface area contributed by atoms with Gasteiger partial charge in [0.05, 0.1) is 10.6 Å². The van der Waals surface area contributed by atoms with Gasteiger partial charge in [0.1, 0.15) is 0 Å². The summed E-state index contributed by atoms with van der Waals surface area (Å²) in [5.41, 5.74) is 4.02. The fourth-order valence-corrected chi connectivity index (χ4v) is 2.48. The number of aryl methyl sites for hydroxylation is 2. The summed E-state index contributed by atoms with van der Waals surface area (Å²) in [7, 11) is -3.13. The molecule has 0 radical (unpaired) electrons. The fourth-order valence-electron chi connectivity index (χ4n) is 1.84. The number of nitrogens with one attached hydrogen (secondary N) is 2. The smallest absolute Gasteiger partial charge is 0.175 e. The molecule has 2 N–H and O–H groups in total. The Morgan fingerprint density at radius 1 is 1.21 bits per heavy atom. The van der Waals surface area contributed by atoms with Crippen LogP contribution in [0.5, 0.6) is 0 Å². The van der Waals surface area contributed by atoms with E-state index >= 15 is 0 Å². The molecule has 2 aromatic rings. The van der Waals surface area contributed by atoms with Crippen LogP contribution in [0, 0.1) is 13.8 Å². The number of hydrogen-bond donors (Lipinski definition) is 2. The molecule has 1 heterocycles. The number of rotatable bonds is 4. The monoisotopic (exact) mass is 279 g/mol. The van der Waals surface area contributed by atoms with Crippen LogP contribution < -0.4 is 5.32 Å². The molecule has 0 amide bonds. The summed E-state index contributed by atoms with van der Waals surface area (Å²) in [6.07, 6.45) is 1.20. The number of benzene rings is 1. The van der Waals surface area contributed by atoms with Gasteiger partial charge in [-0.2, -0.15) is 5.10 Å². The van der Waals surface area contributed by atoms with Crippen LogP contribution in [-0.4, -0.2) is 24.9 Å². The van der Waals surface area contributed by atoms with Crippen molar-refractivity contribution in [2.24, 2.45) is 0 Å². The van der Waals surface area contributed by atoms with Crippen molar-refractivity contribution < 1.29 is 8.42 Å². The lowest BCUT2D eigenvalue weighted by Crippen LogP contribution is -2.02. The van der Waals surface area contributed by atoms with E-state index in [4.69, 9.17) is 0 Å². The average molecular weight is 279 g/mol. The van der Waals surface area contributed by atoms with Crippen molar-refractivity contribution in [3.05, 3.63) is 41.2 Å². The highest BCUT2D eigenvalue weighted by Gasteiger charge is 2.07. The summed E-state index contributed by atoms with van der Waals surface area (Å²) in [6, 6.07) is 6.74. The molecule has 6 heteroatoms. The minimum absolute atomic E-state index is 0.328. The third-order valence-electron chi connectivity index (χ3n) is 3.03. The SMILES string of the molecule is Cc1n[nH]c(C)c1CNc1ccc(S(C)(=O)=O)cc1.